The molecule has 6 heteroatoms. The van der Waals surface area contributed by atoms with Gasteiger partial charge in [-0.2, -0.15) is 0 Å². The van der Waals surface area contributed by atoms with Gasteiger partial charge >= 0.3 is 0 Å². The molecule has 0 saturated heterocycles. The van der Waals surface area contributed by atoms with Gasteiger partial charge in [0.1, 0.15) is 0 Å². The number of benzene rings is 1. The standard InChI is InChI=1S/C15H24N2O3S/c1-14(2,3)16-21(19,20)13-9-7-12(8-10-13)11-17(18)15(4,5)6/h7-11,16H,1-6H3. The van der Waals surface area contributed by atoms with Crippen molar-refractivity contribution in [3.05, 3.63) is 35.0 Å². The van der Waals surface area contributed by atoms with Crippen molar-refractivity contribution in [3.63, 3.8) is 0 Å². The average molecular weight is 312 g/mol. The van der Waals surface area contributed by atoms with Crippen molar-refractivity contribution in [2.75, 3.05) is 0 Å². The molecule has 1 rings (SSSR count). The summed E-state index contributed by atoms with van der Waals surface area (Å²) in [5.74, 6) is 0. The number of hydrogen-bond donors (Lipinski definition) is 1. The average Bonchev–Trinajstić information content (AvgIpc) is 2.25. The third-order valence-corrected chi connectivity index (χ3v) is 4.33. The predicted molar refractivity (Wildman–Crippen MR) is 85.1 cm³/mol. The SMILES string of the molecule is CC(C)(C)NS(=O)(=O)c1ccc(C=[N+]([O-])C(C)(C)C)cc1. The summed E-state index contributed by atoms with van der Waals surface area (Å²) in [6.07, 6.45) is 1.45. The van der Waals surface area contributed by atoms with Crippen LogP contribution in [-0.2, 0) is 10.0 Å². The van der Waals surface area contributed by atoms with Crippen LogP contribution in [0.1, 0.15) is 47.1 Å². The van der Waals surface area contributed by atoms with Gasteiger partial charge in [0.15, 0.2) is 11.8 Å². The molecule has 0 atom stereocenters. The summed E-state index contributed by atoms with van der Waals surface area (Å²) in [7, 11) is -3.55. The Hall–Kier alpha value is -1.40. The lowest BCUT2D eigenvalue weighted by atomic mass is 10.1. The lowest BCUT2D eigenvalue weighted by Crippen LogP contribution is -2.40. The predicted octanol–water partition coefficient (Wildman–Crippen LogP) is 2.49. The summed E-state index contributed by atoms with van der Waals surface area (Å²) in [4.78, 5) is 0.183. The van der Waals surface area contributed by atoms with Crippen molar-refractivity contribution in [1.82, 2.24) is 4.72 Å². The van der Waals surface area contributed by atoms with Crippen LogP contribution in [0.15, 0.2) is 29.2 Å². The highest BCUT2D eigenvalue weighted by molar-refractivity contribution is 7.89. The van der Waals surface area contributed by atoms with E-state index in [1.807, 2.05) is 20.8 Å². The summed E-state index contributed by atoms with van der Waals surface area (Å²) < 4.78 is 27.7. The molecule has 0 aliphatic heterocycles. The Bertz CT molecular complexity index is 618. The summed E-state index contributed by atoms with van der Waals surface area (Å²) in [5.41, 5.74) is -0.408. The van der Waals surface area contributed by atoms with Crippen LogP contribution in [-0.4, -0.2) is 30.4 Å². The van der Waals surface area contributed by atoms with E-state index in [0.29, 0.717) is 5.56 Å². The molecule has 0 aliphatic rings. The minimum atomic E-state index is -3.55. The van der Waals surface area contributed by atoms with Gasteiger partial charge in [0.25, 0.3) is 0 Å². The third-order valence-electron chi connectivity index (χ3n) is 2.56. The number of rotatable bonds is 3. The maximum absolute atomic E-state index is 12.1. The van der Waals surface area contributed by atoms with E-state index in [1.165, 1.54) is 18.3 Å². The van der Waals surface area contributed by atoms with Crippen LogP contribution in [0.3, 0.4) is 0 Å². The van der Waals surface area contributed by atoms with Crippen molar-refractivity contribution >= 4 is 16.2 Å². The summed E-state index contributed by atoms with van der Waals surface area (Å²) in [6.45, 7) is 10.8. The molecule has 0 aliphatic carbocycles. The van der Waals surface area contributed by atoms with E-state index in [4.69, 9.17) is 0 Å². The van der Waals surface area contributed by atoms with Crippen molar-refractivity contribution in [2.45, 2.75) is 57.5 Å². The monoisotopic (exact) mass is 312 g/mol. The second kappa shape index (κ2) is 5.77. The maximum atomic E-state index is 12.1. The van der Waals surface area contributed by atoms with E-state index in [0.717, 1.165) is 4.74 Å². The molecule has 1 aromatic carbocycles. The van der Waals surface area contributed by atoms with Crippen LogP contribution < -0.4 is 4.72 Å². The number of nitrogens with one attached hydrogen (secondary N) is 1. The smallest absolute Gasteiger partial charge is 0.241 e. The number of hydroxylamine groups is 1. The maximum Gasteiger partial charge on any atom is 0.241 e. The normalized spacial score (nSPS) is 14.3. The Kier molecular flexibility index (Phi) is 4.85. The van der Waals surface area contributed by atoms with Crippen LogP contribution in [0.25, 0.3) is 0 Å². The first-order chi connectivity index (χ1) is 9.31. The van der Waals surface area contributed by atoms with E-state index in [-0.39, 0.29) is 4.90 Å². The third kappa shape index (κ3) is 5.47. The Morgan fingerprint density at radius 1 is 1.05 bits per heavy atom. The van der Waals surface area contributed by atoms with Gasteiger partial charge in [-0.05, 0) is 45.0 Å². The molecule has 0 fully saturated rings. The van der Waals surface area contributed by atoms with Gasteiger partial charge in [0, 0.05) is 31.9 Å². The van der Waals surface area contributed by atoms with Gasteiger partial charge in [-0.3, -0.25) is 0 Å². The van der Waals surface area contributed by atoms with Crippen LogP contribution in [0, 0.1) is 5.21 Å². The Morgan fingerprint density at radius 2 is 1.52 bits per heavy atom. The Balaban J connectivity index is 3.04. The van der Waals surface area contributed by atoms with Crippen molar-refractivity contribution in [2.24, 2.45) is 0 Å². The first kappa shape index (κ1) is 17.7. The van der Waals surface area contributed by atoms with Gasteiger partial charge in [0.2, 0.25) is 10.0 Å². The summed E-state index contributed by atoms with van der Waals surface area (Å²) in [6, 6.07) is 6.23. The fourth-order valence-corrected chi connectivity index (χ4v) is 2.94. The molecule has 0 amide bonds. The molecule has 0 spiro atoms. The number of hydrogen-bond acceptors (Lipinski definition) is 3. The van der Waals surface area contributed by atoms with E-state index in [2.05, 4.69) is 4.72 Å². The van der Waals surface area contributed by atoms with Crippen LogP contribution in [0.5, 0.6) is 0 Å². The molecule has 0 radical (unpaired) electrons. The summed E-state index contributed by atoms with van der Waals surface area (Å²) >= 11 is 0. The molecule has 0 saturated carbocycles. The first-order valence-corrected chi connectivity index (χ1v) is 8.25. The molecular formula is C15H24N2O3S. The van der Waals surface area contributed by atoms with E-state index in [9.17, 15) is 13.6 Å². The zero-order chi connectivity index (χ0) is 16.5. The molecule has 0 aromatic heterocycles. The molecule has 0 unspecified atom stereocenters. The quantitative estimate of drug-likeness (QED) is 0.403. The lowest BCUT2D eigenvalue weighted by Gasteiger charge is -2.20. The second-order valence-corrected chi connectivity index (χ2v) is 8.73. The Morgan fingerprint density at radius 3 is 1.90 bits per heavy atom. The molecule has 118 valence electrons. The second-order valence-electron chi connectivity index (χ2n) is 7.05. The van der Waals surface area contributed by atoms with Gasteiger partial charge in [-0.1, -0.05) is 0 Å². The Labute approximate surface area is 127 Å². The van der Waals surface area contributed by atoms with Crippen molar-refractivity contribution in [3.8, 4) is 0 Å². The van der Waals surface area contributed by atoms with E-state index < -0.39 is 21.1 Å². The fourth-order valence-electron chi connectivity index (χ4n) is 1.52. The largest absolute Gasteiger partial charge is 0.623 e. The fraction of sp³-hybridized carbons (Fsp3) is 0.533. The molecule has 0 bridgehead atoms. The highest BCUT2D eigenvalue weighted by Gasteiger charge is 2.22. The van der Waals surface area contributed by atoms with Crippen molar-refractivity contribution in [1.29, 1.82) is 0 Å². The molecular weight excluding hydrogens is 288 g/mol. The van der Waals surface area contributed by atoms with Crippen molar-refractivity contribution < 1.29 is 13.2 Å². The molecule has 1 aromatic rings. The topological polar surface area (TPSA) is 72.2 Å². The molecule has 0 heterocycles. The van der Waals surface area contributed by atoms with E-state index >= 15 is 0 Å². The van der Waals surface area contributed by atoms with Gasteiger partial charge in [-0.15, -0.1) is 0 Å². The number of sulfonamides is 1. The number of nitrogens with zero attached hydrogens (tertiary/aromatic N) is 1. The zero-order valence-corrected chi connectivity index (χ0v) is 14.3. The van der Waals surface area contributed by atoms with Gasteiger partial charge in [-0.25, -0.2) is 17.9 Å². The zero-order valence-electron chi connectivity index (χ0n) is 13.5. The van der Waals surface area contributed by atoms with Crippen LogP contribution in [0.4, 0.5) is 0 Å². The molecule has 5 nitrogen and oxygen atoms in total. The summed E-state index contributed by atoms with van der Waals surface area (Å²) in [5, 5.41) is 11.8. The first-order valence-electron chi connectivity index (χ1n) is 6.77. The molecule has 1 N–H and O–H groups in total. The highest BCUT2D eigenvalue weighted by atomic mass is 32.2. The van der Waals surface area contributed by atoms with Gasteiger partial charge < -0.3 is 5.21 Å². The lowest BCUT2D eigenvalue weighted by molar-refractivity contribution is -0.530. The van der Waals surface area contributed by atoms with Crippen LogP contribution >= 0.6 is 0 Å². The minimum absolute atomic E-state index is 0.183. The van der Waals surface area contributed by atoms with Gasteiger partial charge in [0.05, 0.1) is 4.90 Å². The van der Waals surface area contributed by atoms with E-state index in [1.54, 1.807) is 32.9 Å². The van der Waals surface area contributed by atoms with Crippen LogP contribution in [0.2, 0.25) is 0 Å². The molecule has 21 heavy (non-hydrogen) atoms. The highest BCUT2D eigenvalue weighted by Crippen LogP contribution is 2.14. The minimum Gasteiger partial charge on any atom is -0.623 e.